The van der Waals surface area contributed by atoms with Crippen LogP contribution in [0.25, 0.3) is 0 Å². The molecule has 0 unspecified atom stereocenters. The van der Waals surface area contributed by atoms with Crippen LogP contribution in [0.2, 0.25) is 0 Å². The average Bonchev–Trinajstić information content (AvgIpc) is 2.47. The molecular weight excluding hydrogens is 300 g/mol. The van der Waals surface area contributed by atoms with E-state index in [1.807, 2.05) is 0 Å². The lowest BCUT2D eigenvalue weighted by Crippen LogP contribution is -2.27. The molecule has 0 aliphatic rings. The van der Waals surface area contributed by atoms with Gasteiger partial charge in [0.1, 0.15) is 16.5 Å². The summed E-state index contributed by atoms with van der Waals surface area (Å²) in [5, 5.41) is 9.03. The zero-order valence-electron chi connectivity index (χ0n) is 11.1. The van der Waals surface area contributed by atoms with Crippen molar-refractivity contribution in [3.8, 4) is 0 Å². The fourth-order valence-electron chi connectivity index (χ4n) is 1.78. The minimum Gasteiger partial charge on any atom is -0.392 e. The molecule has 0 atom stereocenters. The maximum atomic E-state index is 13.8. The van der Waals surface area contributed by atoms with Crippen LogP contribution in [0, 0.1) is 11.6 Å². The van der Waals surface area contributed by atoms with E-state index in [1.54, 1.807) is 0 Å². The van der Waals surface area contributed by atoms with Gasteiger partial charge in [-0.15, -0.1) is 0 Å². The summed E-state index contributed by atoms with van der Waals surface area (Å²) in [6.07, 6.45) is 0. The molecule has 7 heteroatoms. The SMILES string of the molecule is CN(c1ccc(F)cc1)S(=O)(=O)c1cc(CO)ccc1F. The van der Waals surface area contributed by atoms with Crippen molar-refractivity contribution in [2.75, 3.05) is 11.4 Å². The number of benzene rings is 2. The van der Waals surface area contributed by atoms with Crippen LogP contribution in [-0.4, -0.2) is 20.6 Å². The molecule has 1 N–H and O–H groups in total. The first-order chi connectivity index (χ1) is 9.86. The molecule has 0 saturated carbocycles. The highest BCUT2D eigenvalue weighted by molar-refractivity contribution is 7.92. The summed E-state index contributed by atoms with van der Waals surface area (Å²) in [6, 6.07) is 8.14. The minimum atomic E-state index is -4.14. The molecule has 0 radical (unpaired) electrons. The quantitative estimate of drug-likeness (QED) is 0.942. The van der Waals surface area contributed by atoms with Crippen molar-refractivity contribution in [1.82, 2.24) is 0 Å². The Kier molecular flexibility index (Phi) is 4.24. The summed E-state index contributed by atoms with van der Waals surface area (Å²) in [5.74, 6) is -1.42. The fraction of sp³-hybridized carbons (Fsp3) is 0.143. The Hall–Kier alpha value is -1.99. The van der Waals surface area contributed by atoms with E-state index in [-0.39, 0.29) is 11.3 Å². The van der Waals surface area contributed by atoms with Crippen molar-refractivity contribution in [3.05, 3.63) is 59.7 Å². The molecule has 112 valence electrons. The van der Waals surface area contributed by atoms with Gasteiger partial charge in [-0.2, -0.15) is 0 Å². The first-order valence-corrected chi connectivity index (χ1v) is 7.44. The molecule has 0 amide bonds. The number of hydrogen-bond acceptors (Lipinski definition) is 3. The Labute approximate surface area is 121 Å². The second-order valence-electron chi connectivity index (χ2n) is 4.37. The van der Waals surface area contributed by atoms with Gasteiger partial charge in [-0.05, 0) is 42.0 Å². The van der Waals surface area contributed by atoms with Crippen LogP contribution in [-0.2, 0) is 16.6 Å². The number of anilines is 1. The standard InChI is InChI=1S/C14H13F2NO3S/c1-17(12-5-3-11(15)4-6-12)21(19,20)14-8-10(9-18)2-7-13(14)16/h2-8,18H,9H2,1H3. The molecule has 0 spiro atoms. The number of sulfonamides is 1. The zero-order valence-corrected chi connectivity index (χ0v) is 11.9. The topological polar surface area (TPSA) is 57.6 Å². The molecule has 0 heterocycles. The highest BCUT2D eigenvalue weighted by Gasteiger charge is 2.25. The zero-order chi connectivity index (χ0) is 15.6. The van der Waals surface area contributed by atoms with Gasteiger partial charge in [0.25, 0.3) is 10.0 Å². The lowest BCUT2D eigenvalue weighted by atomic mass is 10.2. The third-order valence-electron chi connectivity index (χ3n) is 3.01. The largest absolute Gasteiger partial charge is 0.392 e. The highest BCUT2D eigenvalue weighted by atomic mass is 32.2. The Balaban J connectivity index is 2.48. The number of nitrogens with zero attached hydrogens (tertiary/aromatic N) is 1. The van der Waals surface area contributed by atoms with Crippen LogP contribution in [0.4, 0.5) is 14.5 Å². The van der Waals surface area contributed by atoms with Crippen molar-refractivity contribution in [2.45, 2.75) is 11.5 Å². The molecule has 0 bridgehead atoms. The predicted molar refractivity (Wildman–Crippen MR) is 74.3 cm³/mol. The number of halogens is 2. The van der Waals surface area contributed by atoms with E-state index < -0.39 is 33.2 Å². The van der Waals surface area contributed by atoms with E-state index in [0.717, 1.165) is 28.6 Å². The Bertz CT molecular complexity index is 745. The number of rotatable bonds is 4. The van der Waals surface area contributed by atoms with Crippen LogP contribution in [0.15, 0.2) is 47.4 Å². The van der Waals surface area contributed by atoms with Crippen LogP contribution in [0.5, 0.6) is 0 Å². The normalized spacial score (nSPS) is 11.4. The van der Waals surface area contributed by atoms with Crippen LogP contribution < -0.4 is 4.31 Å². The van der Waals surface area contributed by atoms with Crippen molar-refractivity contribution in [1.29, 1.82) is 0 Å². The van der Waals surface area contributed by atoms with Crippen molar-refractivity contribution in [2.24, 2.45) is 0 Å². The lowest BCUT2D eigenvalue weighted by molar-refractivity contribution is 0.281. The van der Waals surface area contributed by atoms with Gasteiger partial charge < -0.3 is 5.11 Å². The van der Waals surface area contributed by atoms with Crippen LogP contribution in [0.3, 0.4) is 0 Å². The second-order valence-corrected chi connectivity index (χ2v) is 6.31. The number of hydrogen-bond donors (Lipinski definition) is 1. The fourth-order valence-corrected chi connectivity index (χ4v) is 3.09. The molecule has 0 saturated heterocycles. The first kappa shape index (κ1) is 15.4. The van der Waals surface area contributed by atoms with Crippen molar-refractivity contribution < 1.29 is 22.3 Å². The molecule has 2 aromatic rings. The second kappa shape index (κ2) is 5.79. The number of aliphatic hydroxyl groups is 1. The summed E-state index contributed by atoms with van der Waals surface area (Å²) >= 11 is 0. The Morgan fingerprint density at radius 2 is 1.71 bits per heavy atom. The molecule has 0 aliphatic heterocycles. The van der Waals surface area contributed by atoms with E-state index in [9.17, 15) is 17.2 Å². The predicted octanol–water partition coefficient (Wildman–Crippen LogP) is 2.28. The van der Waals surface area contributed by atoms with E-state index in [0.29, 0.717) is 0 Å². The Morgan fingerprint density at radius 1 is 1.10 bits per heavy atom. The molecule has 2 aromatic carbocycles. The van der Waals surface area contributed by atoms with E-state index in [4.69, 9.17) is 5.11 Å². The third kappa shape index (κ3) is 3.03. The first-order valence-electron chi connectivity index (χ1n) is 6.00. The lowest BCUT2D eigenvalue weighted by Gasteiger charge is -2.20. The van der Waals surface area contributed by atoms with Crippen molar-refractivity contribution in [3.63, 3.8) is 0 Å². The molecule has 2 rings (SSSR count). The van der Waals surface area contributed by atoms with Crippen LogP contribution in [0.1, 0.15) is 5.56 Å². The van der Waals surface area contributed by atoms with Gasteiger partial charge in [-0.1, -0.05) is 6.07 Å². The minimum absolute atomic E-state index is 0.199. The monoisotopic (exact) mass is 313 g/mol. The van der Waals surface area contributed by atoms with Crippen LogP contribution >= 0.6 is 0 Å². The Morgan fingerprint density at radius 3 is 2.29 bits per heavy atom. The van der Waals surface area contributed by atoms with Gasteiger partial charge in [-0.25, -0.2) is 17.2 Å². The third-order valence-corrected chi connectivity index (χ3v) is 4.81. The van der Waals surface area contributed by atoms with Gasteiger partial charge in [0.15, 0.2) is 0 Å². The van der Waals surface area contributed by atoms with E-state index >= 15 is 0 Å². The molecule has 21 heavy (non-hydrogen) atoms. The summed E-state index contributed by atoms with van der Waals surface area (Å²) in [7, 11) is -2.90. The summed E-state index contributed by atoms with van der Waals surface area (Å²) in [6.45, 7) is -0.400. The highest BCUT2D eigenvalue weighted by Crippen LogP contribution is 2.25. The number of aliphatic hydroxyl groups excluding tert-OH is 1. The maximum Gasteiger partial charge on any atom is 0.266 e. The molecule has 0 fully saturated rings. The van der Waals surface area contributed by atoms with Gasteiger partial charge >= 0.3 is 0 Å². The summed E-state index contributed by atoms with van der Waals surface area (Å²) in [5.41, 5.74) is 0.479. The maximum absolute atomic E-state index is 13.8. The average molecular weight is 313 g/mol. The van der Waals surface area contributed by atoms with Gasteiger partial charge in [0.05, 0.1) is 12.3 Å². The molecule has 0 aliphatic carbocycles. The van der Waals surface area contributed by atoms with E-state index in [2.05, 4.69) is 0 Å². The van der Waals surface area contributed by atoms with Gasteiger partial charge in [-0.3, -0.25) is 4.31 Å². The summed E-state index contributed by atoms with van der Waals surface area (Å²) in [4.78, 5) is -0.541. The van der Waals surface area contributed by atoms with E-state index in [1.165, 1.54) is 25.2 Å². The molecule has 4 nitrogen and oxygen atoms in total. The molecular formula is C14H13F2NO3S. The molecule has 0 aromatic heterocycles. The van der Waals surface area contributed by atoms with Crippen molar-refractivity contribution >= 4 is 15.7 Å². The van der Waals surface area contributed by atoms with Gasteiger partial charge in [0, 0.05) is 7.05 Å². The summed E-state index contributed by atoms with van der Waals surface area (Å²) < 4.78 is 52.4. The van der Waals surface area contributed by atoms with Gasteiger partial charge in [0.2, 0.25) is 0 Å². The smallest absolute Gasteiger partial charge is 0.266 e.